The number of anilines is 2. The first-order chi connectivity index (χ1) is 9.20. The number of nitrogens with two attached hydrogens (primary N) is 1. The van der Waals surface area contributed by atoms with E-state index in [4.69, 9.17) is 5.73 Å². The lowest BCUT2D eigenvalue weighted by Gasteiger charge is -2.36. The molecule has 0 saturated carbocycles. The van der Waals surface area contributed by atoms with Crippen LogP contribution in [0.25, 0.3) is 0 Å². The minimum absolute atomic E-state index is 0.279. The van der Waals surface area contributed by atoms with Crippen molar-refractivity contribution in [2.24, 2.45) is 0 Å². The molecule has 1 saturated heterocycles. The van der Waals surface area contributed by atoms with E-state index in [2.05, 4.69) is 11.0 Å². The average molecular weight is 279 g/mol. The van der Waals surface area contributed by atoms with Crippen LogP contribution in [0.3, 0.4) is 0 Å². The van der Waals surface area contributed by atoms with Gasteiger partial charge in [-0.1, -0.05) is 6.07 Å². The molecule has 1 aromatic carbocycles. The average Bonchev–Trinajstić information content (AvgIpc) is 2.45. The number of thioether (sulfide) groups is 1. The van der Waals surface area contributed by atoms with Crippen molar-refractivity contribution in [3.05, 3.63) is 24.3 Å². The maximum atomic E-state index is 11.9. The third-order valence-corrected chi connectivity index (χ3v) is 4.00. The molecule has 0 bridgehead atoms. The molecule has 0 unspecified atom stereocenters. The third kappa shape index (κ3) is 3.80. The highest BCUT2D eigenvalue weighted by Gasteiger charge is 2.20. The van der Waals surface area contributed by atoms with E-state index in [1.54, 1.807) is 11.8 Å². The van der Waals surface area contributed by atoms with E-state index >= 15 is 0 Å². The summed E-state index contributed by atoms with van der Waals surface area (Å²) in [6.07, 6.45) is 2.68. The first-order valence-electron chi connectivity index (χ1n) is 6.58. The molecular formula is C14H21N3OS. The summed E-state index contributed by atoms with van der Waals surface area (Å²) in [6, 6.07) is 7.93. The number of amides is 1. The van der Waals surface area contributed by atoms with E-state index in [0.717, 1.165) is 43.3 Å². The van der Waals surface area contributed by atoms with Gasteiger partial charge in [0.1, 0.15) is 0 Å². The Morgan fingerprint density at radius 3 is 2.68 bits per heavy atom. The van der Waals surface area contributed by atoms with Gasteiger partial charge in [-0.2, -0.15) is 11.8 Å². The Balaban J connectivity index is 1.87. The van der Waals surface area contributed by atoms with E-state index < -0.39 is 0 Å². The summed E-state index contributed by atoms with van der Waals surface area (Å²) >= 11 is 1.72. The van der Waals surface area contributed by atoms with Crippen molar-refractivity contribution in [1.82, 2.24) is 4.90 Å². The monoisotopic (exact) mass is 279 g/mol. The number of nitrogens with zero attached hydrogens (tertiary/aromatic N) is 2. The van der Waals surface area contributed by atoms with Crippen LogP contribution >= 0.6 is 11.8 Å². The highest BCUT2D eigenvalue weighted by Crippen LogP contribution is 2.19. The SMILES string of the molecule is CSCCC(=O)N1CCN(c2cccc(N)c2)CC1. The van der Waals surface area contributed by atoms with Gasteiger partial charge in [0.2, 0.25) is 5.91 Å². The minimum atomic E-state index is 0.279. The van der Waals surface area contributed by atoms with Crippen LogP contribution < -0.4 is 10.6 Å². The van der Waals surface area contributed by atoms with Gasteiger partial charge in [0.05, 0.1) is 0 Å². The van der Waals surface area contributed by atoms with Crippen molar-refractivity contribution < 1.29 is 4.79 Å². The van der Waals surface area contributed by atoms with Crippen LogP contribution in [0.2, 0.25) is 0 Å². The highest BCUT2D eigenvalue weighted by atomic mass is 32.2. The Hall–Kier alpha value is -1.36. The van der Waals surface area contributed by atoms with Crippen molar-refractivity contribution in [1.29, 1.82) is 0 Å². The number of piperazine rings is 1. The van der Waals surface area contributed by atoms with Crippen molar-refractivity contribution in [3.63, 3.8) is 0 Å². The predicted octanol–water partition coefficient (Wildman–Crippen LogP) is 1.67. The number of hydrogen-bond acceptors (Lipinski definition) is 4. The molecule has 0 radical (unpaired) electrons. The van der Waals surface area contributed by atoms with E-state index in [1.165, 1.54) is 0 Å². The Labute approximate surface area is 118 Å². The van der Waals surface area contributed by atoms with Crippen molar-refractivity contribution in [2.75, 3.05) is 48.8 Å². The molecule has 1 aliphatic heterocycles. The first kappa shape index (κ1) is 14.1. The number of hydrogen-bond donors (Lipinski definition) is 1. The lowest BCUT2D eigenvalue weighted by atomic mass is 10.2. The number of carbonyl (C=O) groups is 1. The maximum absolute atomic E-state index is 11.9. The second-order valence-corrected chi connectivity index (χ2v) is 5.69. The van der Waals surface area contributed by atoms with Gasteiger partial charge in [0.15, 0.2) is 0 Å². The highest BCUT2D eigenvalue weighted by molar-refractivity contribution is 7.98. The standard InChI is InChI=1S/C14H21N3OS/c1-19-10-5-14(18)17-8-6-16(7-9-17)13-4-2-3-12(15)11-13/h2-4,11H,5-10,15H2,1H3. The fraction of sp³-hybridized carbons (Fsp3) is 0.500. The molecule has 1 fully saturated rings. The summed E-state index contributed by atoms with van der Waals surface area (Å²) in [7, 11) is 0. The summed E-state index contributed by atoms with van der Waals surface area (Å²) < 4.78 is 0. The van der Waals surface area contributed by atoms with E-state index in [-0.39, 0.29) is 5.91 Å². The minimum Gasteiger partial charge on any atom is -0.399 e. The fourth-order valence-corrected chi connectivity index (χ4v) is 2.66. The van der Waals surface area contributed by atoms with Gasteiger partial charge >= 0.3 is 0 Å². The van der Waals surface area contributed by atoms with Crippen molar-refractivity contribution in [3.8, 4) is 0 Å². The normalized spacial score (nSPS) is 15.6. The van der Waals surface area contributed by atoms with Gasteiger partial charge in [0, 0.05) is 49.7 Å². The Morgan fingerprint density at radius 2 is 2.05 bits per heavy atom. The number of rotatable bonds is 4. The molecule has 0 atom stereocenters. The Kier molecular flexibility index (Phi) is 4.96. The summed E-state index contributed by atoms with van der Waals surface area (Å²) in [5.41, 5.74) is 7.74. The quantitative estimate of drug-likeness (QED) is 0.852. The fourth-order valence-electron chi connectivity index (χ4n) is 2.28. The number of benzene rings is 1. The molecule has 5 heteroatoms. The molecule has 1 amide bonds. The van der Waals surface area contributed by atoms with Gasteiger partial charge in [-0.15, -0.1) is 0 Å². The second-order valence-electron chi connectivity index (χ2n) is 4.71. The van der Waals surface area contributed by atoms with E-state index in [0.29, 0.717) is 6.42 Å². The molecular weight excluding hydrogens is 258 g/mol. The zero-order valence-electron chi connectivity index (χ0n) is 11.3. The van der Waals surface area contributed by atoms with Crippen LogP contribution in [0, 0.1) is 0 Å². The topological polar surface area (TPSA) is 49.6 Å². The summed E-state index contributed by atoms with van der Waals surface area (Å²) in [4.78, 5) is 16.2. The van der Waals surface area contributed by atoms with E-state index in [9.17, 15) is 4.79 Å². The molecule has 0 spiro atoms. The lowest BCUT2D eigenvalue weighted by Crippen LogP contribution is -2.48. The Morgan fingerprint density at radius 1 is 1.32 bits per heavy atom. The summed E-state index contributed by atoms with van der Waals surface area (Å²) in [5, 5.41) is 0. The van der Waals surface area contributed by atoms with Crippen LogP contribution in [0.15, 0.2) is 24.3 Å². The molecule has 2 rings (SSSR count). The smallest absolute Gasteiger partial charge is 0.223 e. The van der Waals surface area contributed by atoms with Gasteiger partial charge in [-0.25, -0.2) is 0 Å². The molecule has 1 heterocycles. The zero-order chi connectivity index (χ0) is 13.7. The molecule has 0 aliphatic carbocycles. The molecule has 1 aromatic rings. The molecule has 19 heavy (non-hydrogen) atoms. The van der Waals surface area contributed by atoms with Crippen LogP contribution in [0.1, 0.15) is 6.42 Å². The van der Waals surface area contributed by atoms with Crippen LogP contribution in [-0.4, -0.2) is 49.0 Å². The second kappa shape index (κ2) is 6.70. The van der Waals surface area contributed by atoms with Crippen LogP contribution in [0.5, 0.6) is 0 Å². The maximum Gasteiger partial charge on any atom is 0.223 e. The predicted molar refractivity (Wildman–Crippen MR) is 82.6 cm³/mol. The van der Waals surface area contributed by atoms with Gasteiger partial charge in [-0.3, -0.25) is 4.79 Å². The van der Waals surface area contributed by atoms with Crippen LogP contribution in [-0.2, 0) is 4.79 Å². The molecule has 1 aliphatic rings. The van der Waals surface area contributed by atoms with E-state index in [1.807, 2.05) is 29.4 Å². The molecule has 104 valence electrons. The largest absolute Gasteiger partial charge is 0.399 e. The van der Waals surface area contributed by atoms with Crippen molar-refractivity contribution >= 4 is 29.0 Å². The molecule has 0 aromatic heterocycles. The number of nitrogen functional groups attached to an aromatic ring is 1. The van der Waals surface area contributed by atoms with Gasteiger partial charge < -0.3 is 15.5 Å². The number of carbonyl (C=O) groups excluding carboxylic acids is 1. The zero-order valence-corrected chi connectivity index (χ0v) is 12.2. The van der Waals surface area contributed by atoms with Gasteiger partial charge in [-0.05, 0) is 24.5 Å². The molecule has 2 N–H and O–H groups in total. The third-order valence-electron chi connectivity index (χ3n) is 3.39. The summed E-state index contributed by atoms with van der Waals surface area (Å²) in [5.74, 6) is 1.19. The molecule has 4 nitrogen and oxygen atoms in total. The first-order valence-corrected chi connectivity index (χ1v) is 7.97. The lowest BCUT2D eigenvalue weighted by molar-refractivity contribution is -0.131. The summed E-state index contributed by atoms with van der Waals surface area (Å²) in [6.45, 7) is 3.38. The van der Waals surface area contributed by atoms with Crippen molar-refractivity contribution in [2.45, 2.75) is 6.42 Å². The van der Waals surface area contributed by atoms with Gasteiger partial charge in [0.25, 0.3) is 0 Å². The Bertz CT molecular complexity index is 430. The van der Waals surface area contributed by atoms with Crippen LogP contribution in [0.4, 0.5) is 11.4 Å².